The first-order valence-electron chi connectivity index (χ1n) is 3.98. The Morgan fingerprint density at radius 1 is 1.57 bits per heavy atom. The lowest BCUT2D eigenvalue weighted by atomic mass is 10.1. The summed E-state index contributed by atoms with van der Waals surface area (Å²) in [4.78, 5) is 4.51. The number of rotatable bonds is 3. The number of phenols is 1. The molecular formula is C9H12ClNO3. The minimum atomic E-state index is 0.00997. The van der Waals surface area contributed by atoms with E-state index in [1.54, 1.807) is 13.0 Å². The molecule has 0 aliphatic carbocycles. The van der Waals surface area contributed by atoms with E-state index in [1.165, 1.54) is 7.11 Å². The second-order valence-electron chi connectivity index (χ2n) is 2.85. The van der Waals surface area contributed by atoms with Crippen LogP contribution in [0.4, 0.5) is 0 Å². The third kappa shape index (κ3) is 1.92. The van der Waals surface area contributed by atoms with E-state index in [9.17, 15) is 5.11 Å². The monoisotopic (exact) mass is 217 g/mol. The number of ether oxygens (including phenoxy) is 1. The molecule has 0 atom stereocenters. The molecule has 0 fully saturated rings. The van der Waals surface area contributed by atoms with E-state index in [-0.39, 0.29) is 18.1 Å². The molecule has 0 aliphatic rings. The summed E-state index contributed by atoms with van der Waals surface area (Å²) in [6.45, 7) is 1.99. The Balaban J connectivity index is 3.28. The Morgan fingerprint density at radius 2 is 2.21 bits per heavy atom. The highest BCUT2D eigenvalue weighted by Gasteiger charge is 2.14. The van der Waals surface area contributed by atoms with E-state index in [1.807, 2.05) is 0 Å². The van der Waals surface area contributed by atoms with Gasteiger partial charge in [0.2, 0.25) is 0 Å². The van der Waals surface area contributed by atoms with Crippen LogP contribution < -0.4 is 10.6 Å². The molecule has 4 nitrogen and oxygen atoms in total. The number of halogens is 1. The molecule has 0 bridgehead atoms. The van der Waals surface area contributed by atoms with Gasteiger partial charge in [0.05, 0.1) is 18.7 Å². The number of aromatic hydroxyl groups is 1. The molecule has 0 saturated carbocycles. The fourth-order valence-electron chi connectivity index (χ4n) is 1.24. The van der Waals surface area contributed by atoms with E-state index in [0.29, 0.717) is 10.6 Å². The molecular weight excluding hydrogens is 206 g/mol. The van der Waals surface area contributed by atoms with Gasteiger partial charge >= 0.3 is 0 Å². The molecule has 1 aromatic carbocycles. The number of nitrogens with two attached hydrogens (primary N) is 1. The molecule has 0 aliphatic heterocycles. The number of hydrogen-bond acceptors (Lipinski definition) is 4. The predicted octanol–water partition coefficient (Wildman–Crippen LogP) is 1.75. The van der Waals surface area contributed by atoms with Gasteiger partial charge in [-0.2, -0.15) is 0 Å². The zero-order valence-electron chi connectivity index (χ0n) is 8.00. The highest BCUT2D eigenvalue weighted by molar-refractivity contribution is 6.33. The van der Waals surface area contributed by atoms with Crippen molar-refractivity contribution in [1.82, 2.24) is 0 Å². The van der Waals surface area contributed by atoms with Gasteiger partial charge in [-0.05, 0) is 18.6 Å². The average molecular weight is 218 g/mol. The molecule has 0 radical (unpaired) electrons. The van der Waals surface area contributed by atoms with Crippen molar-refractivity contribution in [2.24, 2.45) is 5.90 Å². The van der Waals surface area contributed by atoms with Crippen molar-refractivity contribution in [3.63, 3.8) is 0 Å². The third-order valence-corrected chi connectivity index (χ3v) is 2.36. The Morgan fingerprint density at radius 3 is 2.71 bits per heavy atom. The number of methoxy groups -OCH3 is 1. The molecule has 1 rings (SSSR count). The maximum absolute atomic E-state index is 9.48. The first-order valence-corrected chi connectivity index (χ1v) is 4.36. The van der Waals surface area contributed by atoms with Crippen molar-refractivity contribution < 1.29 is 14.7 Å². The maximum atomic E-state index is 9.48. The van der Waals surface area contributed by atoms with Gasteiger partial charge in [0.25, 0.3) is 0 Å². The van der Waals surface area contributed by atoms with Gasteiger partial charge in [-0.25, -0.2) is 5.90 Å². The highest BCUT2D eigenvalue weighted by atomic mass is 35.5. The summed E-state index contributed by atoms with van der Waals surface area (Å²) in [5.74, 6) is 5.22. The lowest BCUT2D eigenvalue weighted by Crippen LogP contribution is -2.02. The Kier molecular flexibility index (Phi) is 3.57. The van der Waals surface area contributed by atoms with Gasteiger partial charge < -0.3 is 9.84 Å². The third-order valence-electron chi connectivity index (χ3n) is 1.96. The lowest BCUT2D eigenvalue weighted by Gasteiger charge is -2.12. The molecule has 14 heavy (non-hydrogen) atoms. The lowest BCUT2D eigenvalue weighted by molar-refractivity contribution is 0.123. The normalized spacial score (nSPS) is 10.3. The molecule has 0 heterocycles. The maximum Gasteiger partial charge on any atom is 0.179 e. The summed E-state index contributed by atoms with van der Waals surface area (Å²) < 4.78 is 4.94. The van der Waals surface area contributed by atoms with Crippen molar-refractivity contribution in [3.05, 3.63) is 22.2 Å². The van der Waals surface area contributed by atoms with Crippen LogP contribution in [-0.4, -0.2) is 12.2 Å². The van der Waals surface area contributed by atoms with E-state index in [4.69, 9.17) is 22.2 Å². The van der Waals surface area contributed by atoms with Crippen molar-refractivity contribution in [2.75, 3.05) is 7.11 Å². The zero-order chi connectivity index (χ0) is 10.7. The quantitative estimate of drug-likeness (QED) is 0.758. The summed E-state index contributed by atoms with van der Waals surface area (Å²) in [6, 6.07) is 1.55. The molecule has 3 N–H and O–H groups in total. The zero-order valence-corrected chi connectivity index (χ0v) is 8.76. The molecule has 5 heteroatoms. The van der Waals surface area contributed by atoms with Crippen molar-refractivity contribution >= 4 is 11.6 Å². The van der Waals surface area contributed by atoms with Crippen LogP contribution in [0.15, 0.2) is 6.07 Å². The Labute approximate surface area is 87.1 Å². The SMILES string of the molecule is COc1c(O)cc(C)c(CON)c1Cl. The van der Waals surface area contributed by atoms with Gasteiger partial charge in [-0.3, -0.25) is 4.84 Å². The van der Waals surface area contributed by atoms with Crippen molar-refractivity contribution in [3.8, 4) is 11.5 Å². The van der Waals surface area contributed by atoms with Crippen LogP contribution in [0.1, 0.15) is 11.1 Å². The summed E-state index contributed by atoms with van der Waals surface area (Å²) in [7, 11) is 1.43. The highest BCUT2D eigenvalue weighted by Crippen LogP contribution is 2.38. The van der Waals surface area contributed by atoms with Crippen LogP contribution in [-0.2, 0) is 11.4 Å². The predicted molar refractivity (Wildman–Crippen MR) is 53.4 cm³/mol. The van der Waals surface area contributed by atoms with E-state index in [0.717, 1.165) is 5.56 Å². The van der Waals surface area contributed by atoms with E-state index < -0.39 is 0 Å². The molecule has 0 spiro atoms. The minimum absolute atomic E-state index is 0.00997. The number of hydrogen-bond donors (Lipinski definition) is 2. The summed E-state index contributed by atoms with van der Waals surface area (Å²) in [5, 5.41) is 9.81. The number of benzene rings is 1. The summed E-state index contributed by atoms with van der Waals surface area (Å²) >= 11 is 5.98. The average Bonchev–Trinajstić information content (AvgIpc) is 2.12. The fourth-order valence-corrected chi connectivity index (χ4v) is 1.61. The molecule has 1 aromatic rings. The van der Waals surface area contributed by atoms with E-state index in [2.05, 4.69) is 4.84 Å². The van der Waals surface area contributed by atoms with Crippen LogP contribution in [0.25, 0.3) is 0 Å². The second-order valence-corrected chi connectivity index (χ2v) is 3.23. The molecule has 0 saturated heterocycles. The first-order chi connectivity index (χ1) is 6.61. The van der Waals surface area contributed by atoms with Crippen LogP contribution in [0.3, 0.4) is 0 Å². The Bertz CT molecular complexity index is 341. The van der Waals surface area contributed by atoms with Gasteiger partial charge in [0.15, 0.2) is 11.5 Å². The number of aryl methyl sites for hydroxylation is 1. The second kappa shape index (κ2) is 4.50. The Hall–Kier alpha value is -0.970. The van der Waals surface area contributed by atoms with Gasteiger partial charge in [-0.15, -0.1) is 0 Å². The van der Waals surface area contributed by atoms with Crippen molar-refractivity contribution in [1.29, 1.82) is 0 Å². The first kappa shape index (κ1) is 11.1. The van der Waals surface area contributed by atoms with Crippen LogP contribution in [0, 0.1) is 6.92 Å². The smallest absolute Gasteiger partial charge is 0.179 e. The van der Waals surface area contributed by atoms with Crippen LogP contribution in [0.5, 0.6) is 11.5 Å². The van der Waals surface area contributed by atoms with E-state index >= 15 is 0 Å². The standard InChI is InChI=1S/C9H12ClNO3/c1-5-3-7(12)9(13-2)8(10)6(5)4-14-11/h3,12H,4,11H2,1-2H3. The van der Waals surface area contributed by atoms with Crippen molar-refractivity contribution in [2.45, 2.75) is 13.5 Å². The topological polar surface area (TPSA) is 64.7 Å². The fraction of sp³-hybridized carbons (Fsp3) is 0.333. The van der Waals surface area contributed by atoms with Crippen LogP contribution >= 0.6 is 11.6 Å². The molecule has 0 unspecified atom stereocenters. The molecule has 0 aromatic heterocycles. The molecule has 78 valence electrons. The number of phenolic OH excluding ortho intramolecular Hbond substituents is 1. The van der Waals surface area contributed by atoms with Gasteiger partial charge in [0, 0.05) is 5.56 Å². The molecule has 0 amide bonds. The summed E-state index contributed by atoms with van der Waals surface area (Å²) in [6.07, 6.45) is 0. The summed E-state index contributed by atoms with van der Waals surface area (Å²) in [5.41, 5.74) is 1.52. The van der Waals surface area contributed by atoms with Gasteiger partial charge in [0.1, 0.15) is 0 Å². The van der Waals surface area contributed by atoms with Crippen LogP contribution in [0.2, 0.25) is 5.02 Å². The minimum Gasteiger partial charge on any atom is -0.504 e. The largest absolute Gasteiger partial charge is 0.504 e. The van der Waals surface area contributed by atoms with Gasteiger partial charge in [-0.1, -0.05) is 11.6 Å².